The van der Waals surface area contributed by atoms with E-state index >= 15 is 0 Å². The minimum atomic E-state index is -3.92. The fourth-order valence-corrected chi connectivity index (χ4v) is 7.22. The van der Waals surface area contributed by atoms with E-state index in [1.807, 2.05) is 6.07 Å². The van der Waals surface area contributed by atoms with Gasteiger partial charge in [-0.2, -0.15) is 4.31 Å². The molecule has 3 N–H and O–H groups in total. The highest BCUT2D eigenvalue weighted by atomic mass is 35.5. The largest absolute Gasteiger partial charge is 0.384 e. The van der Waals surface area contributed by atoms with Gasteiger partial charge in [-0.3, -0.25) is 9.59 Å². The van der Waals surface area contributed by atoms with E-state index in [1.165, 1.54) is 33.7 Å². The topological polar surface area (TPSA) is 115 Å². The molecular weight excluding hydrogens is 498 g/mol. The maximum Gasteiger partial charge on any atom is 0.264 e. The van der Waals surface area contributed by atoms with Gasteiger partial charge in [0, 0.05) is 59.7 Å². The van der Waals surface area contributed by atoms with Crippen molar-refractivity contribution in [3.8, 4) is 0 Å². The number of sulfonamides is 1. The molecule has 0 radical (unpaired) electrons. The number of halogens is 1. The molecule has 34 heavy (non-hydrogen) atoms. The van der Waals surface area contributed by atoms with Crippen LogP contribution in [0.2, 0.25) is 5.02 Å². The number of anilines is 1. The molecule has 4 heterocycles. The number of carbonyl (C=O) groups excluding carboxylic acids is 2. The van der Waals surface area contributed by atoms with E-state index in [-0.39, 0.29) is 30.6 Å². The number of nitrogens with zero attached hydrogens (tertiary/aromatic N) is 2. The normalized spacial score (nSPS) is 19.0. The lowest BCUT2D eigenvalue weighted by Crippen LogP contribution is -2.61. The number of likely N-dealkylation sites (N-methyl/N-ethyl adjacent to an activating group) is 1. The van der Waals surface area contributed by atoms with Crippen LogP contribution in [-0.2, 0) is 21.2 Å². The molecule has 0 aliphatic carbocycles. The molecule has 0 bridgehead atoms. The second-order valence-corrected chi connectivity index (χ2v) is 11.8. The van der Waals surface area contributed by atoms with Crippen LogP contribution in [0.1, 0.15) is 21.0 Å². The van der Waals surface area contributed by atoms with Crippen molar-refractivity contribution in [1.82, 2.24) is 19.5 Å². The van der Waals surface area contributed by atoms with Crippen molar-refractivity contribution in [3.05, 3.63) is 45.1 Å². The Hall–Kier alpha value is -2.60. The van der Waals surface area contributed by atoms with Gasteiger partial charge in [0.05, 0.1) is 4.88 Å². The Labute approximate surface area is 206 Å². The maximum atomic E-state index is 13.4. The average molecular weight is 522 g/mol. The van der Waals surface area contributed by atoms with Crippen molar-refractivity contribution in [1.29, 1.82) is 0 Å². The molecule has 0 spiro atoms. The number of thiophene rings is 1. The lowest BCUT2D eigenvalue weighted by atomic mass is 10.1. The van der Waals surface area contributed by atoms with E-state index in [0.717, 1.165) is 30.0 Å². The molecule has 1 aromatic carbocycles. The fraction of sp³-hybridized carbons (Fsp3) is 0.364. The van der Waals surface area contributed by atoms with E-state index in [9.17, 15) is 18.0 Å². The summed E-state index contributed by atoms with van der Waals surface area (Å²) in [6.07, 6.45) is 1.93. The number of carbonyl (C=O) groups is 2. The monoisotopic (exact) mass is 521 g/mol. The number of H-pyrrole nitrogens is 1. The van der Waals surface area contributed by atoms with Crippen molar-refractivity contribution < 1.29 is 18.0 Å². The molecule has 1 atom stereocenters. The third-order valence-electron chi connectivity index (χ3n) is 6.24. The number of hydrogen-bond donors (Lipinski definition) is 3. The number of aromatic amines is 1. The van der Waals surface area contributed by atoms with Crippen LogP contribution in [0.3, 0.4) is 0 Å². The van der Waals surface area contributed by atoms with E-state index in [2.05, 4.69) is 15.6 Å². The van der Waals surface area contributed by atoms with Gasteiger partial charge in [0.15, 0.2) is 0 Å². The summed E-state index contributed by atoms with van der Waals surface area (Å²) in [7, 11) is -2.44. The Morgan fingerprint density at radius 2 is 2.03 bits per heavy atom. The molecule has 1 fully saturated rings. The summed E-state index contributed by atoms with van der Waals surface area (Å²) in [6, 6.07) is 7.52. The minimum absolute atomic E-state index is 0.0252. The number of amides is 2. The molecule has 2 aliphatic heterocycles. The van der Waals surface area contributed by atoms with Gasteiger partial charge in [-0.05, 0) is 43.2 Å². The van der Waals surface area contributed by atoms with Gasteiger partial charge in [-0.25, -0.2) is 8.42 Å². The first kappa shape index (κ1) is 23.2. The Bertz CT molecular complexity index is 1360. The van der Waals surface area contributed by atoms with Crippen molar-refractivity contribution in [2.45, 2.75) is 23.9 Å². The average Bonchev–Trinajstić information content (AvgIpc) is 3.47. The van der Waals surface area contributed by atoms with Crippen molar-refractivity contribution in [3.63, 3.8) is 0 Å². The van der Waals surface area contributed by atoms with E-state index in [4.69, 9.17) is 11.6 Å². The molecule has 12 heteroatoms. The molecule has 2 aliphatic rings. The van der Waals surface area contributed by atoms with Crippen LogP contribution in [0.5, 0.6) is 0 Å². The van der Waals surface area contributed by atoms with Gasteiger partial charge in [0.25, 0.3) is 15.9 Å². The molecule has 9 nitrogen and oxygen atoms in total. The van der Waals surface area contributed by atoms with Gasteiger partial charge < -0.3 is 20.5 Å². The number of aryl methyl sites for hydroxylation is 1. The highest BCUT2D eigenvalue weighted by molar-refractivity contribution is 7.89. The van der Waals surface area contributed by atoms with E-state index in [0.29, 0.717) is 20.8 Å². The molecule has 3 aromatic rings. The number of hydrogen-bond acceptors (Lipinski definition) is 6. The van der Waals surface area contributed by atoms with Crippen LogP contribution in [-0.4, -0.2) is 73.7 Å². The van der Waals surface area contributed by atoms with Gasteiger partial charge >= 0.3 is 0 Å². The van der Waals surface area contributed by atoms with Crippen LogP contribution in [0, 0.1) is 0 Å². The number of fused-ring (bicyclic) bond motifs is 2. The van der Waals surface area contributed by atoms with E-state index in [1.54, 1.807) is 18.2 Å². The number of benzene rings is 1. The van der Waals surface area contributed by atoms with Crippen molar-refractivity contribution in [2.24, 2.45) is 0 Å². The summed E-state index contributed by atoms with van der Waals surface area (Å²) in [5.74, 6) is -0.664. The quantitative estimate of drug-likeness (QED) is 0.488. The first-order valence-electron chi connectivity index (χ1n) is 11.0. The summed E-state index contributed by atoms with van der Waals surface area (Å²) in [5.41, 5.74) is 1.62. The predicted molar refractivity (Wildman–Crippen MR) is 132 cm³/mol. The molecule has 180 valence electrons. The lowest BCUT2D eigenvalue weighted by Gasteiger charge is -2.39. The molecule has 1 unspecified atom stereocenters. The third-order valence-corrected chi connectivity index (χ3v) is 9.45. The molecule has 2 aromatic heterocycles. The zero-order valence-corrected chi connectivity index (χ0v) is 20.8. The van der Waals surface area contributed by atoms with Gasteiger partial charge in [-0.15, -0.1) is 11.3 Å². The van der Waals surface area contributed by atoms with Crippen LogP contribution in [0.25, 0.3) is 10.9 Å². The van der Waals surface area contributed by atoms with Crippen LogP contribution in [0.4, 0.5) is 5.69 Å². The first-order valence-corrected chi connectivity index (χ1v) is 13.6. The molecule has 0 saturated carbocycles. The summed E-state index contributed by atoms with van der Waals surface area (Å²) in [5, 5.41) is 7.09. The highest BCUT2D eigenvalue weighted by Gasteiger charge is 2.40. The molecular formula is C22H24ClN5O4S2. The number of nitrogens with one attached hydrogen (secondary N) is 3. The maximum absolute atomic E-state index is 13.4. The summed E-state index contributed by atoms with van der Waals surface area (Å²) >= 11 is 7.46. The smallest absolute Gasteiger partial charge is 0.264 e. The summed E-state index contributed by atoms with van der Waals surface area (Å²) in [4.78, 5) is 32.2. The Kier molecular flexibility index (Phi) is 6.05. The fourth-order valence-electron chi connectivity index (χ4n) is 4.45. The lowest BCUT2D eigenvalue weighted by molar-refractivity contribution is -0.126. The van der Waals surface area contributed by atoms with Crippen LogP contribution >= 0.6 is 22.9 Å². The van der Waals surface area contributed by atoms with Crippen molar-refractivity contribution >= 4 is 61.4 Å². The molecule has 2 amide bonds. The predicted octanol–water partition coefficient (Wildman–Crippen LogP) is 2.50. The third kappa shape index (κ3) is 4.06. The van der Waals surface area contributed by atoms with Crippen molar-refractivity contribution in [2.75, 3.05) is 38.5 Å². The van der Waals surface area contributed by atoms with Gasteiger partial charge in [0.1, 0.15) is 11.1 Å². The van der Waals surface area contributed by atoms with Gasteiger partial charge in [-0.1, -0.05) is 11.6 Å². The Morgan fingerprint density at radius 3 is 2.79 bits per heavy atom. The van der Waals surface area contributed by atoms with Crippen LogP contribution in [0.15, 0.2) is 35.4 Å². The van der Waals surface area contributed by atoms with Gasteiger partial charge in [0.2, 0.25) is 5.91 Å². The number of piperazine rings is 1. The first-order chi connectivity index (χ1) is 16.3. The molecule has 1 saturated heterocycles. The van der Waals surface area contributed by atoms with E-state index < -0.39 is 22.0 Å². The zero-order chi connectivity index (χ0) is 24.0. The standard InChI is InChI=1S/C22H24ClN5O4S2/c1-24-21(29)17-12-27(34(31,32)20-10-13-9-14(23)4-5-15(13)26-20)7-8-28(17)22(30)19-11-16-18(33-19)3-2-6-25-16/h4-5,9-11,17,25-26H,2-3,6-8,12H2,1H3,(H,24,29). The summed E-state index contributed by atoms with van der Waals surface area (Å²) < 4.78 is 28.0. The Morgan fingerprint density at radius 1 is 1.21 bits per heavy atom. The second-order valence-electron chi connectivity index (χ2n) is 8.33. The minimum Gasteiger partial charge on any atom is -0.384 e. The highest BCUT2D eigenvalue weighted by Crippen LogP contribution is 2.33. The SMILES string of the molecule is CNC(=O)C1CN(S(=O)(=O)c2cc3cc(Cl)ccc3[nH]2)CCN1C(=O)c1cc2c(s1)CCCN2. The molecule has 5 rings (SSSR count). The zero-order valence-electron chi connectivity index (χ0n) is 18.4. The second kappa shape index (κ2) is 8.88. The Balaban J connectivity index is 1.41. The van der Waals surface area contributed by atoms with Crippen LogP contribution < -0.4 is 10.6 Å². The number of rotatable bonds is 4. The number of aromatic nitrogens is 1. The summed E-state index contributed by atoms with van der Waals surface area (Å²) in [6.45, 7) is 0.932.